The average molecular weight is 224 g/mol. The van der Waals surface area contributed by atoms with Gasteiger partial charge in [-0.1, -0.05) is 19.1 Å². The van der Waals surface area contributed by atoms with E-state index in [2.05, 4.69) is 12.2 Å². The van der Waals surface area contributed by atoms with Gasteiger partial charge in [-0.2, -0.15) is 4.31 Å². The smallest absolute Gasteiger partial charge is 0.220 e. The maximum absolute atomic E-state index is 11.6. The molecule has 0 amide bonds. The number of hydrogen-bond donors (Lipinski definition) is 1. The van der Waals surface area contributed by atoms with Crippen LogP contribution in [0, 0.1) is 0 Å². The summed E-state index contributed by atoms with van der Waals surface area (Å²) in [6.07, 6.45) is 0. The fraction of sp³-hybridized carbons (Fsp3) is 0.857. The Bertz CT molecular complexity index is 272. The number of nitrogens with two attached hydrogens (primary N) is 1. The van der Waals surface area contributed by atoms with Crippen LogP contribution in [-0.2, 0) is 10.0 Å². The molecule has 0 fully saturated rings. The Morgan fingerprint density at radius 1 is 1.54 bits per heavy atom. The molecule has 0 rings (SSSR count). The summed E-state index contributed by atoms with van der Waals surface area (Å²) in [5.74, 6) is -0.242. The highest BCUT2D eigenvalue weighted by Gasteiger charge is 2.23. The van der Waals surface area contributed by atoms with E-state index in [1.165, 1.54) is 4.31 Å². The number of rotatable bonds is 5. The summed E-state index contributed by atoms with van der Waals surface area (Å²) in [7, 11) is -3.30. The first-order valence-corrected chi connectivity index (χ1v) is 6.10. The van der Waals surface area contributed by atoms with Crippen molar-refractivity contribution in [2.24, 2.45) is 5.73 Å². The van der Waals surface area contributed by atoms with Crippen LogP contribution in [-0.4, -0.2) is 36.1 Å². The predicted octanol–water partition coefficient (Wildman–Crippen LogP) is 0.333. The van der Waals surface area contributed by atoms with Crippen molar-refractivity contribution in [2.75, 3.05) is 12.3 Å². The molecule has 0 unspecified atom stereocenters. The zero-order chi connectivity index (χ0) is 10.6. The van der Waals surface area contributed by atoms with Crippen molar-refractivity contribution in [3.05, 3.63) is 0 Å². The summed E-state index contributed by atoms with van der Waals surface area (Å²) < 4.78 is 24.5. The quantitative estimate of drug-likeness (QED) is 0.684. The van der Waals surface area contributed by atoms with Crippen LogP contribution >= 0.6 is 12.2 Å². The van der Waals surface area contributed by atoms with E-state index in [1.54, 1.807) is 6.92 Å². The number of sulfonamides is 1. The third-order valence-corrected chi connectivity index (χ3v) is 3.97. The average Bonchev–Trinajstić information content (AvgIpc) is 1.82. The highest BCUT2D eigenvalue weighted by molar-refractivity contribution is 7.92. The fourth-order valence-electron chi connectivity index (χ4n) is 1.15. The first-order chi connectivity index (χ1) is 5.81. The van der Waals surface area contributed by atoms with Gasteiger partial charge in [-0.25, -0.2) is 8.42 Å². The van der Waals surface area contributed by atoms with Crippen LogP contribution in [0.4, 0.5) is 0 Å². The molecule has 4 nitrogen and oxygen atoms in total. The second-order valence-corrected chi connectivity index (χ2v) is 5.47. The minimum atomic E-state index is -3.30. The SMILES string of the molecule is CCN(C(C)C)S(=O)(=O)CC(N)=S. The molecule has 0 bridgehead atoms. The Hall–Kier alpha value is -0.200. The van der Waals surface area contributed by atoms with Crippen molar-refractivity contribution in [1.82, 2.24) is 4.31 Å². The van der Waals surface area contributed by atoms with E-state index in [-0.39, 0.29) is 16.8 Å². The normalized spacial score (nSPS) is 12.4. The first kappa shape index (κ1) is 12.8. The van der Waals surface area contributed by atoms with Crippen molar-refractivity contribution in [2.45, 2.75) is 26.8 Å². The van der Waals surface area contributed by atoms with Crippen LogP contribution in [0.15, 0.2) is 0 Å². The number of nitrogens with zero attached hydrogens (tertiary/aromatic N) is 1. The standard InChI is InChI=1S/C7H16N2O2S2/c1-4-9(6(2)3)13(10,11)5-7(8)12/h6H,4-5H2,1-3H3,(H2,8,12). The summed E-state index contributed by atoms with van der Waals surface area (Å²) in [4.78, 5) is 0.0131. The largest absolute Gasteiger partial charge is 0.392 e. The summed E-state index contributed by atoms with van der Waals surface area (Å²) in [5, 5.41) is 0. The lowest BCUT2D eigenvalue weighted by atomic mass is 10.4. The lowest BCUT2D eigenvalue weighted by Gasteiger charge is -2.23. The van der Waals surface area contributed by atoms with Gasteiger partial charge in [0.15, 0.2) is 0 Å². The van der Waals surface area contributed by atoms with Gasteiger partial charge in [0.2, 0.25) is 10.0 Å². The van der Waals surface area contributed by atoms with Crippen LogP contribution < -0.4 is 5.73 Å². The van der Waals surface area contributed by atoms with E-state index in [4.69, 9.17) is 5.73 Å². The topological polar surface area (TPSA) is 63.4 Å². The molecular weight excluding hydrogens is 208 g/mol. The first-order valence-electron chi connectivity index (χ1n) is 4.09. The third kappa shape index (κ3) is 4.02. The van der Waals surface area contributed by atoms with E-state index in [0.717, 1.165) is 0 Å². The molecule has 0 heterocycles. The molecule has 0 aromatic carbocycles. The van der Waals surface area contributed by atoms with Crippen LogP contribution in [0.5, 0.6) is 0 Å². The highest BCUT2D eigenvalue weighted by Crippen LogP contribution is 2.06. The van der Waals surface area contributed by atoms with Gasteiger partial charge in [0.1, 0.15) is 5.75 Å². The molecule has 0 radical (unpaired) electrons. The molecule has 0 spiro atoms. The van der Waals surface area contributed by atoms with Crippen molar-refractivity contribution >= 4 is 27.2 Å². The van der Waals surface area contributed by atoms with Crippen molar-refractivity contribution in [1.29, 1.82) is 0 Å². The van der Waals surface area contributed by atoms with E-state index in [9.17, 15) is 8.42 Å². The van der Waals surface area contributed by atoms with Gasteiger partial charge in [0, 0.05) is 12.6 Å². The van der Waals surface area contributed by atoms with Crippen molar-refractivity contribution < 1.29 is 8.42 Å². The monoisotopic (exact) mass is 224 g/mol. The van der Waals surface area contributed by atoms with Gasteiger partial charge in [-0.05, 0) is 13.8 Å². The van der Waals surface area contributed by atoms with Gasteiger partial charge < -0.3 is 5.73 Å². The van der Waals surface area contributed by atoms with Gasteiger partial charge in [-0.3, -0.25) is 0 Å². The zero-order valence-corrected chi connectivity index (χ0v) is 9.78. The molecule has 0 atom stereocenters. The summed E-state index contributed by atoms with van der Waals surface area (Å²) in [6.45, 7) is 5.88. The molecule has 6 heteroatoms. The molecule has 13 heavy (non-hydrogen) atoms. The van der Waals surface area contributed by atoms with Crippen LogP contribution in [0.2, 0.25) is 0 Å². The predicted molar refractivity (Wildman–Crippen MR) is 58.1 cm³/mol. The lowest BCUT2D eigenvalue weighted by Crippen LogP contribution is -2.40. The van der Waals surface area contributed by atoms with Crippen LogP contribution in [0.25, 0.3) is 0 Å². The Kier molecular flexibility index (Phi) is 4.80. The molecule has 0 aromatic heterocycles. The van der Waals surface area contributed by atoms with Gasteiger partial charge in [0.05, 0.1) is 4.99 Å². The van der Waals surface area contributed by atoms with Crippen molar-refractivity contribution in [3.8, 4) is 0 Å². The van der Waals surface area contributed by atoms with E-state index >= 15 is 0 Å². The van der Waals surface area contributed by atoms with Crippen molar-refractivity contribution in [3.63, 3.8) is 0 Å². The van der Waals surface area contributed by atoms with E-state index in [0.29, 0.717) is 6.54 Å². The Morgan fingerprint density at radius 2 is 2.00 bits per heavy atom. The molecule has 0 aliphatic rings. The second kappa shape index (κ2) is 4.88. The maximum Gasteiger partial charge on any atom is 0.220 e. The van der Waals surface area contributed by atoms with Gasteiger partial charge in [0.25, 0.3) is 0 Å². The lowest BCUT2D eigenvalue weighted by molar-refractivity contribution is 0.371. The molecule has 2 N–H and O–H groups in total. The molecule has 0 saturated heterocycles. The molecule has 0 aromatic rings. The molecule has 78 valence electrons. The minimum Gasteiger partial charge on any atom is -0.392 e. The highest BCUT2D eigenvalue weighted by atomic mass is 32.2. The Labute approximate surface area is 85.1 Å². The third-order valence-electron chi connectivity index (χ3n) is 1.57. The summed E-state index contributed by atoms with van der Waals surface area (Å²) in [5.41, 5.74) is 5.20. The Morgan fingerprint density at radius 3 is 2.23 bits per heavy atom. The minimum absolute atomic E-state index is 0.0131. The summed E-state index contributed by atoms with van der Waals surface area (Å²) in [6, 6.07) is -0.0515. The number of hydrogen-bond acceptors (Lipinski definition) is 3. The molecular formula is C7H16N2O2S2. The fourth-order valence-corrected chi connectivity index (χ4v) is 3.15. The Balaban J connectivity index is 4.69. The second-order valence-electron chi connectivity index (χ2n) is 3.02. The summed E-state index contributed by atoms with van der Waals surface area (Å²) >= 11 is 4.57. The zero-order valence-electron chi connectivity index (χ0n) is 8.15. The number of thiocarbonyl (C=S) groups is 1. The van der Waals surface area contributed by atoms with Crippen LogP contribution in [0.3, 0.4) is 0 Å². The van der Waals surface area contributed by atoms with Gasteiger partial charge in [-0.15, -0.1) is 0 Å². The van der Waals surface area contributed by atoms with E-state index in [1.807, 2.05) is 13.8 Å². The molecule has 0 saturated carbocycles. The van der Waals surface area contributed by atoms with Gasteiger partial charge >= 0.3 is 0 Å². The molecule has 0 aliphatic carbocycles. The molecule has 0 aliphatic heterocycles. The van der Waals surface area contributed by atoms with E-state index < -0.39 is 10.0 Å². The van der Waals surface area contributed by atoms with Crippen LogP contribution in [0.1, 0.15) is 20.8 Å². The maximum atomic E-state index is 11.6.